The number of halogens is 3. The minimum atomic E-state index is -0.636. The van der Waals surface area contributed by atoms with Crippen molar-refractivity contribution in [1.29, 1.82) is 0 Å². The summed E-state index contributed by atoms with van der Waals surface area (Å²) in [5, 5.41) is 2.79. The van der Waals surface area contributed by atoms with Gasteiger partial charge in [-0.25, -0.2) is 4.39 Å². The zero-order chi connectivity index (χ0) is 23.0. The average Bonchev–Trinajstić information content (AvgIpc) is 2.75. The monoisotopic (exact) mass is 610 g/mol. The minimum Gasteiger partial charge on any atom is -0.487 e. The van der Waals surface area contributed by atoms with E-state index in [4.69, 9.17) is 14.2 Å². The SMILES string of the molecule is CCCCOc1c(C(=O)NCc2ccc(F)c(I)c2)n(CC(OC)OC)cc(Br)c1=O. The molecule has 1 heterocycles. The second kappa shape index (κ2) is 12.5. The molecule has 0 fully saturated rings. The molecule has 0 aliphatic carbocycles. The number of nitrogens with one attached hydrogen (secondary N) is 1. The number of carbonyl (C=O) groups excluding carboxylic acids is 1. The van der Waals surface area contributed by atoms with Crippen LogP contribution in [0.3, 0.4) is 0 Å². The molecule has 0 saturated carbocycles. The number of hydrogen-bond donors (Lipinski definition) is 1. The van der Waals surface area contributed by atoms with E-state index in [9.17, 15) is 14.0 Å². The fourth-order valence-electron chi connectivity index (χ4n) is 2.76. The van der Waals surface area contributed by atoms with Crippen LogP contribution >= 0.6 is 38.5 Å². The van der Waals surface area contributed by atoms with E-state index in [1.165, 1.54) is 26.5 Å². The van der Waals surface area contributed by atoms with Crippen molar-refractivity contribution in [1.82, 2.24) is 9.88 Å². The molecule has 0 radical (unpaired) electrons. The van der Waals surface area contributed by atoms with Gasteiger partial charge >= 0.3 is 0 Å². The highest BCUT2D eigenvalue weighted by Gasteiger charge is 2.24. The molecule has 1 N–H and O–H groups in total. The van der Waals surface area contributed by atoms with Crippen LogP contribution in [0.1, 0.15) is 35.8 Å². The maximum Gasteiger partial charge on any atom is 0.272 e. The largest absolute Gasteiger partial charge is 0.487 e. The first kappa shape index (κ1) is 25.8. The Hall–Kier alpha value is -1.50. The van der Waals surface area contributed by atoms with Crippen LogP contribution in [0.5, 0.6) is 5.75 Å². The summed E-state index contributed by atoms with van der Waals surface area (Å²) in [5.41, 5.74) is 0.380. The molecule has 0 unspecified atom stereocenters. The summed E-state index contributed by atoms with van der Waals surface area (Å²) >= 11 is 5.14. The molecular formula is C21H25BrFIN2O5. The number of unbranched alkanes of at least 4 members (excludes halogenated alkanes) is 1. The Balaban J connectivity index is 2.41. The van der Waals surface area contributed by atoms with Gasteiger partial charge in [0.15, 0.2) is 17.7 Å². The van der Waals surface area contributed by atoms with Gasteiger partial charge in [-0.1, -0.05) is 19.4 Å². The van der Waals surface area contributed by atoms with Crippen LogP contribution in [0.2, 0.25) is 0 Å². The molecule has 1 amide bonds. The maximum atomic E-state index is 13.5. The van der Waals surface area contributed by atoms with Crippen LogP contribution < -0.4 is 15.5 Å². The van der Waals surface area contributed by atoms with Crippen LogP contribution in [0, 0.1) is 9.39 Å². The first-order valence-corrected chi connectivity index (χ1v) is 11.5. The van der Waals surface area contributed by atoms with Gasteiger partial charge in [0.2, 0.25) is 5.43 Å². The van der Waals surface area contributed by atoms with Gasteiger partial charge in [-0.3, -0.25) is 9.59 Å². The van der Waals surface area contributed by atoms with E-state index in [0.29, 0.717) is 10.2 Å². The van der Waals surface area contributed by atoms with E-state index < -0.39 is 17.6 Å². The predicted molar refractivity (Wildman–Crippen MR) is 127 cm³/mol. The van der Waals surface area contributed by atoms with Gasteiger partial charge in [0.25, 0.3) is 5.91 Å². The Labute approximate surface area is 202 Å². The molecular weight excluding hydrogens is 586 g/mol. The molecule has 10 heteroatoms. The molecule has 31 heavy (non-hydrogen) atoms. The molecule has 1 aromatic carbocycles. The normalized spacial score (nSPS) is 11.1. The lowest BCUT2D eigenvalue weighted by Crippen LogP contribution is -2.33. The van der Waals surface area contributed by atoms with Crippen molar-refractivity contribution in [2.75, 3.05) is 20.8 Å². The zero-order valence-corrected chi connectivity index (χ0v) is 21.3. The van der Waals surface area contributed by atoms with Crippen LogP contribution in [0.15, 0.2) is 33.7 Å². The Bertz CT molecular complexity index is 966. The Kier molecular flexibility index (Phi) is 10.4. The molecule has 0 saturated heterocycles. The third-order valence-electron chi connectivity index (χ3n) is 4.46. The first-order valence-electron chi connectivity index (χ1n) is 9.65. The topological polar surface area (TPSA) is 78.8 Å². The fraction of sp³-hybridized carbons (Fsp3) is 0.429. The van der Waals surface area contributed by atoms with E-state index in [1.54, 1.807) is 16.7 Å². The molecule has 2 rings (SSSR count). The van der Waals surface area contributed by atoms with Crippen molar-refractivity contribution >= 4 is 44.4 Å². The van der Waals surface area contributed by atoms with Crippen molar-refractivity contribution < 1.29 is 23.4 Å². The second-order valence-corrected chi connectivity index (χ2v) is 8.69. The zero-order valence-electron chi connectivity index (χ0n) is 17.5. The van der Waals surface area contributed by atoms with Gasteiger partial charge in [0.1, 0.15) is 5.82 Å². The van der Waals surface area contributed by atoms with E-state index in [-0.39, 0.29) is 34.8 Å². The quantitative estimate of drug-likeness (QED) is 0.236. The number of benzene rings is 1. The molecule has 1 aromatic heterocycles. The number of aromatic nitrogens is 1. The molecule has 0 atom stereocenters. The van der Waals surface area contributed by atoms with Crippen molar-refractivity contribution in [2.24, 2.45) is 0 Å². The number of nitrogens with zero attached hydrogens (tertiary/aromatic N) is 1. The van der Waals surface area contributed by atoms with Gasteiger partial charge < -0.3 is 24.1 Å². The van der Waals surface area contributed by atoms with E-state index in [1.807, 2.05) is 29.5 Å². The van der Waals surface area contributed by atoms with Gasteiger partial charge in [-0.2, -0.15) is 0 Å². The summed E-state index contributed by atoms with van der Waals surface area (Å²) in [6, 6.07) is 4.59. The lowest BCUT2D eigenvalue weighted by atomic mass is 10.2. The Morgan fingerprint density at radius 3 is 2.65 bits per heavy atom. The fourth-order valence-corrected chi connectivity index (χ4v) is 3.76. The van der Waals surface area contributed by atoms with Crippen molar-refractivity contribution in [3.8, 4) is 5.75 Å². The average molecular weight is 611 g/mol. The number of rotatable bonds is 11. The molecule has 170 valence electrons. The second-order valence-electron chi connectivity index (χ2n) is 6.67. The van der Waals surface area contributed by atoms with Crippen LogP contribution in [0.4, 0.5) is 4.39 Å². The highest BCUT2D eigenvalue weighted by molar-refractivity contribution is 14.1. The maximum absolute atomic E-state index is 13.5. The number of methoxy groups -OCH3 is 2. The van der Waals surface area contributed by atoms with Gasteiger partial charge in [-0.05, 0) is 62.6 Å². The summed E-state index contributed by atoms with van der Waals surface area (Å²) in [6.45, 7) is 2.62. The Morgan fingerprint density at radius 1 is 1.32 bits per heavy atom. The van der Waals surface area contributed by atoms with Crippen molar-refractivity contribution in [3.05, 3.63) is 59.7 Å². The summed E-state index contributed by atoms with van der Waals surface area (Å²) in [5.74, 6) is -0.865. The number of ether oxygens (including phenoxy) is 3. The number of hydrogen-bond acceptors (Lipinski definition) is 5. The molecule has 0 aliphatic rings. The predicted octanol–water partition coefficient (Wildman–Crippen LogP) is 4.08. The first-order chi connectivity index (χ1) is 14.8. The third-order valence-corrected chi connectivity index (χ3v) is 5.85. The summed E-state index contributed by atoms with van der Waals surface area (Å²) < 4.78 is 32.0. The smallest absolute Gasteiger partial charge is 0.272 e. The lowest BCUT2D eigenvalue weighted by molar-refractivity contribution is -0.111. The highest BCUT2D eigenvalue weighted by atomic mass is 127. The molecule has 0 bridgehead atoms. The number of carbonyl (C=O) groups is 1. The van der Waals surface area contributed by atoms with Crippen LogP contribution in [-0.2, 0) is 22.6 Å². The molecule has 2 aromatic rings. The van der Waals surface area contributed by atoms with Gasteiger partial charge in [0, 0.05) is 30.5 Å². The molecule has 0 aliphatic heterocycles. The van der Waals surface area contributed by atoms with Crippen LogP contribution in [0.25, 0.3) is 0 Å². The standard InChI is InChI=1S/C21H25BrFIN2O5/c1-4-5-8-31-20-18(21(28)25-10-13-6-7-15(23)16(24)9-13)26(11-14(22)19(20)27)12-17(29-2)30-3/h6-7,9,11,17H,4-5,8,10,12H2,1-3H3,(H,25,28). The van der Waals surface area contributed by atoms with Gasteiger partial charge in [0.05, 0.1) is 17.6 Å². The minimum absolute atomic E-state index is 0.0417. The lowest BCUT2D eigenvalue weighted by Gasteiger charge is -2.21. The molecule has 0 spiro atoms. The summed E-state index contributed by atoms with van der Waals surface area (Å²) in [7, 11) is 2.97. The van der Waals surface area contributed by atoms with E-state index in [2.05, 4.69) is 21.2 Å². The number of pyridine rings is 1. The van der Waals surface area contributed by atoms with Crippen molar-refractivity contribution in [3.63, 3.8) is 0 Å². The molecule has 7 nitrogen and oxygen atoms in total. The highest BCUT2D eigenvalue weighted by Crippen LogP contribution is 2.20. The Morgan fingerprint density at radius 2 is 2.03 bits per heavy atom. The van der Waals surface area contributed by atoms with E-state index in [0.717, 1.165) is 18.4 Å². The van der Waals surface area contributed by atoms with E-state index >= 15 is 0 Å². The summed E-state index contributed by atoms with van der Waals surface area (Å²) in [4.78, 5) is 25.9. The van der Waals surface area contributed by atoms with Gasteiger partial charge in [-0.15, -0.1) is 0 Å². The number of amides is 1. The summed E-state index contributed by atoms with van der Waals surface area (Å²) in [6.07, 6.45) is 2.49. The van der Waals surface area contributed by atoms with Crippen LogP contribution in [-0.4, -0.2) is 37.6 Å². The van der Waals surface area contributed by atoms with Crippen molar-refractivity contribution in [2.45, 2.75) is 39.1 Å². The third kappa shape index (κ3) is 6.99.